The van der Waals surface area contributed by atoms with Crippen molar-refractivity contribution in [2.45, 2.75) is 32.1 Å². The molecule has 0 atom stereocenters. The lowest BCUT2D eigenvalue weighted by atomic mass is 10.1. The molecule has 4 rings (SSSR count). The van der Waals surface area contributed by atoms with Crippen molar-refractivity contribution in [1.82, 2.24) is 24.8 Å². The molecule has 0 radical (unpaired) electrons. The van der Waals surface area contributed by atoms with Gasteiger partial charge in [0.2, 0.25) is 0 Å². The lowest BCUT2D eigenvalue weighted by molar-refractivity contribution is -0.141. The number of hydrogen-bond acceptors (Lipinski definition) is 4. The summed E-state index contributed by atoms with van der Waals surface area (Å²) in [7, 11) is 0. The van der Waals surface area contributed by atoms with Crippen LogP contribution in [0.5, 0.6) is 0 Å². The van der Waals surface area contributed by atoms with E-state index in [1.807, 2.05) is 6.20 Å². The van der Waals surface area contributed by atoms with E-state index in [4.69, 9.17) is 0 Å². The molecule has 0 spiro atoms. The van der Waals surface area contributed by atoms with Crippen LogP contribution in [0.1, 0.15) is 22.5 Å². The number of aryl methyl sites for hydroxylation is 2. The van der Waals surface area contributed by atoms with Gasteiger partial charge >= 0.3 is 6.18 Å². The second-order valence-electron chi connectivity index (χ2n) is 6.06. The molecule has 1 aliphatic heterocycles. The van der Waals surface area contributed by atoms with Gasteiger partial charge in [0.05, 0.1) is 0 Å². The molecule has 3 aromatic heterocycles. The third-order valence-corrected chi connectivity index (χ3v) is 4.53. The van der Waals surface area contributed by atoms with Gasteiger partial charge < -0.3 is 9.88 Å². The lowest BCUT2D eigenvalue weighted by Gasteiger charge is -2.16. The van der Waals surface area contributed by atoms with E-state index < -0.39 is 11.9 Å². The van der Waals surface area contributed by atoms with E-state index >= 15 is 0 Å². The second-order valence-corrected chi connectivity index (χ2v) is 6.06. The van der Waals surface area contributed by atoms with Crippen LogP contribution < -0.4 is 5.32 Å². The molecule has 25 heavy (non-hydrogen) atoms. The predicted octanol–water partition coefficient (Wildman–Crippen LogP) is 2.73. The summed E-state index contributed by atoms with van der Waals surface area (Å²) in [6, 6.07) is 2.52. The standard InChI is InChI=1S/C17H16F3N5/c18-17(19,20)15-2-1-11(7-23-15)4-6-25-14-3-5-21-8-12(14)13-9-22-10-24-16(13)25/h1-2,7,9-10,21H,3-6,8H2. The van der Waals surface area contributed by atoms with Crippen LogP contribution in [0.2, 0.25) is 0 Å². The fraction of sp³-hybridized carbons (Fsp3) is 0.353. The molecular weight excluding hydrogens is 331 g/mol. The van der Waals surface area contributed by atoms with Crippen LogP contribution in [0.4, 0.5) is 13.2 Å². The quantitative estimate of drug-likeness (QED) is 0.792. The topological polar surface area (TPSA) is 55.6 Å². The highest BCUT2D eigenvalue weighted by Gasteiger charge is 2.32. The number of halogens is 3. The summed E-state index contributed by atoms with van der Waals surface area (Å²) in [5.74, 6) is 0. The van der Waals surface area contributed by atoms with E-state index in [2.05, 4.69) is 24.8 Å². The van der Waals surface area contributed by atoms with Crippen LogP contribution in [0.3, 0.4) is 0 Å². The second kappa shape index (κ2) is 6.11. The molecule has 3 aromatic rings. The summed E-state index contributed by atoms with van der Waals surface area (Å²) >= 11 is 0. The number of rotatable bonds is 3. The molecule has 8 heteroatoms. The van der Waals surface area contributed by atoms with Crippen molar-refractivity contribution in [3.05, 3.63) is 53.4 Å². The third-order valence-electron chi connectivity index (χ3n) is 4.53. The Kier molecular flexibility index (Phi) is 3.91. The van der Waals surface area contributed by atoms with Gasteiger partial charge in [-0.25, -0.2) is 9.97 Å². The average molecular weight is 347 g/mol. The van der Waals surface area contributed by atoms with Gasteiger partial charge in [-0.3, -0.25) is 4.98 Å². The molecule has 4 heterocycles. The number of nitrogens with one attached hydrogen (secondary N) is 1. The summed E-state index contributed by atoms with van der Waals surface area (Å²) in [5, 5.41) is 4.39. The van der Waals surface area contributed by atoms with Gasteiger partial charge in [-0.2, -0.15) is 13.2 Å². The molecule has 0 aliphatic carbocycles. The van der Waals surface area contributed by atoms with Gasteiger partial charge in [-0.15, -0.1) is 0 Å². The van der Waals surface area contributed by atoms with Gasteiger partial charge in [0.25, 0.3) is 0 Å². The number of hydrogen-bond donors (Lipinski definition) is 1. The minimum Gasteiger partial charge on any atom is -0.329 e. The Labute approximate surface area is 141 Å². The maximum absolute atomic E-state index is 12.6. The number of nitrogens with zero attached hydrogens (tertiary/aromatic N) is 4. The minimum atomic E-state index is -4.40. The Hall–Kier alpha value is -2.48. The molecule has 0 aromatic carbocycles. The summed E-state index contributed by atoms with van der Waals surface area (Å²) in [6.07, 6.45) is 1.74. The molecule has 0 fully saturated rings. The number of aromatic nitrogens is 4. The zero-order valence-corrected chi connectivity index (χ0v) is 13.3. The van der Waals surface area contributed by atoms with Crippen LogP contribution in [-0.2, 0) is 32.1 Å². The van der Waals surface area contributed by atoms with Gasteiger partial charge in [0.1, 0.15) is 17.7 Å². The van der Waals surface area contributed by atoms with Crippen LogP contribution >= 0.6 is 0 Å². The summed E-state index contributed by atoms with van der Waals surface area (Å²) in [4.78, 5) is 12.1. The van der Waals surface area contributed by atoms with E-state index in [0.29, 0.717) is 13.0 Å². The van der Waals surface area contributed by atoms with Crippen molar-refractivity contribution in [3.8, 4) is 0 Å². The molecule has 5 nitrogen and oxygen atoms in total. The summed E-state index contributed by atoms with van der Waals surface area (Å²) < 4.78 is 40.0. The maximum atomic E-state index is 12.6. The zero-order chi connectivity index (χ0) is 17.4. The van der Waals surface area contributed by atoms with Crippen LogP contribution in [0, 0.1) is 0 Å². The molecule has 130 valence electrons. The smallest absolute Gasteiger partial charge is 0.329 e. The molecule has 0 saturated carbocycles. The van der Waals surface area contributed by atoms with Gasteiger partial charge in [0.15, 0.2) is 0 Å². The van der Waals surface area contributed by atoms with E-state index in [1.165, 1.54) is 29.8 Å². The van der Waals surface area contributed by atoms with Crippen molar-refractivity contribution < 1.29 is 13.2 Å². The fourth-order valence-electron chi connectivity index (χ4n) is 3.32. The first-order valence-electron chi connectivity index (χ1n) is 8.07. The van der Waals surface area contributed by atoms with E-state index in [0.717, 1.165) is 42.2 Å². The van der Waals surface area contributed by atoms with Crippen molar-refractivity contribution >= 4 is 11.0 Å². The monoisotopic (exact) mass is 347 g/mol. The molecule has 0 unspecified atom stereocenters. The van der Waals surface area contributed by atoms with Crippen molar-refractivity contribution in [3.63, 3.8) is 0 Å². The summed E-state index contributed by atoms with van der Waals surface area (Å²) in [5.41, 5.74) is 3.23. The first-order chi connectivity index (χ1) is 12.0. The van der Waals surface area contributed by atoms with E-state index in [1.54, 1.807) is 0 Å². The lowest BCUT2D eigenvalue weighted by Crippen LogP contribution is -2.25. The largest absolute Gasteiger partial charge is 0.433 e. The van der Waals surface area contributed by atoms with E-state index in [-0.39, 0.29) is 0 Å². The molecule has 0 bridgehead atoms. The minimum absolute atomic E-state index is 0.596. The molecule has 0 amide bonds. The molecule has 1 aliphatic rings. The molecular formula is C17H16F3N5. The number of fused-ring (bicyclic) bond motifs is 3. The normalized spacial score (nSPS) is 14.7. The highest BCUT2D eigenvalue weighted by molar-refractivity contribution is 5.81. The van der Waals surface area contributed by atoms with Gasteiger partial charge in [-0.05, 0) is 23.6 Å². The predicted molar refractivity (Wildman–Crippen MR) is 85.9 cm³/mol. The zero-order valence-electron chi connectivity index (χ0n) is 13.3. The highest BCUT2D eigenvalue weighted by Crippen LogP contribution is 2.28. The van der Waals surface area contributed by atoms with E-state index in [9.17, 15) is 13.2 Å². The molecule has 1 N–H and O–H groups in total. The summed E-state index contributed by atoms with van der Waals surface area (Å²) in [6.45, 7) is 2.34. The Morgan fingerprint density at radius 3 is 2.80 bits per heavy atom. The Morgan fingerprint density at radius 2 is 2.04 bits per heavy atom. The van der Waals surface area contributed by atoms with Crippen LogP contribution in [0.25, 0.3) is 11.0 Å². The van der Waals surface area contributed by atoms with Crippen molar-refractivity contribution in [2.75, 3.05) is 6.54 Å². The first kappa shape index (κ1) is 16.0. The van der Waals surface area contributed by atoms with Crippen LogP contribution in [0.15, 0.2) is 30.9 Å². The highest BCUT2D eigenvalue weighted by atomic mass is 19.4. The van der Waals surface area contributed by atoms with Gasteiger partial charge in [-0.1, -0.05) is 6.07 Å². The number of alkyl halides is 3. The van der Waals surface area contributed by atoms with Crippen LogP contribution in [-0.4, -0.2) is 26.1 Å². The van der Waals surface area contributed by atoms with Gasteiger partial charge in [0, 0.05) is 49.5 Å². The Bertz CT molecular complexity index is 899. The molecule has 0 saturated heterocycles. The Balaban J connectivity index is 1.61. The van der Waals surface area contributed by atoms with Crippen molar-refractivity contribution in [2.24, 2.45) is 0 Å². The van der Waals surface area contributed by atoms with Crippen molar-refractivity contribution in [1.29, 1.82) is 0 Å². The Morgan fingerprint density at radius 1 is 1.16 bits per heavy atom. The SMILES string of the molecule is FC(F)(F)c1ccc(CCn2c3c(c4cncnc42)CNCC3)cn1. The first-order valence-corrected chi connectivity index (χ1v) is 8.07. The maximum Gasteiger partial charge on any atom is 0.433 e. The average Bonchev–Trinajstić information content (AvgIpc) is 2.94. The fourth-order valence-corrected chi connectivity index (χ4v) is 3.32. The third kappa shape index (κ3) is 2.97. The number of pyridine rings is 1.